The highest BCUT2D eigenvalue weighted by atomic mass is 16.1. The zero-order valence-corrected chi connectivity index (χ0v) is 9.55. The lowest BCUT2D eigenvalue weighted by atomic mass is 10.1. The molecule has 0 aliphatic heterocycles. The summed E-state index contributed by atoms with van der Waals surface area (Å²) >= 11 is 0. The molecule has 17 heavy (non-hydrogen) atoms. The van der Waals surface area contributed by atoms with Crippen molar-refractivity contribution in [2.24, 2.45) is 0 Å². The Hall–Kier alpha value is -2.34. The quantitative estimate of drug-likeness (QED) is 0.752. The third kappa shape index (κ3) is 2.43. The van der Waals surface area contributed by atoms with Gasteiger partial charge < -0.3 is 4.57 Å². The van der Waals surface area contributed by atoms with Gasteiger partial charge in [-0.15, -0.1) is 0 Å². The van der Waals surface area contributed by atoms with Crippen molar-refractivity contribution in [1.29, 1.82) is 5.26 Å². The van der Waals surface area contributed by atoms with E-state index in [1.165, 1.54) is 0 Å². The van der Waals surface area contributed by atoms with Gasteiger partial charge in [0, 0.05) is 24.5 Å². The van der Waals surface area contributed by atoms with Gasteiger partial charge in [0.05, 0.1) is 11.6 Å². The number of hydrogen-bond donors (Lipinski definition) is 0. The fourth-order valence-corrected chi connectivity index (χ4v) is 1.77. The minimum Gasteiger partial charge on any atom is -0.349 e. The molecule has 1 aromatic heterocycles. The van der Waals surface area contributed by atoms with Gasteiger partial charge >= 0.3 is 0 Å². The summed E-state index contributed by atoms with van der Waals surface area (Å²) in [5.74, 6) is 0. The first kappa shape index (κ1) is 11.2. The zero-order chi connectivity index (χ0) is 12.3. The van der Waals surface area contributed by atoms with Crippen molar-refractivity contribution in [1.82, 2.24) is 4.57 Å². The first-order valence-corrected chi connectivity index (χ1v) is 5.33. The van der Waals surface area contributed by atoms with Crippen LogP contribution in [0.3, 0.4) is 0 Å². The van der Waals surface area contributed by atoms with E-state index < -0.39 is 0 Å². The molecular formula is C14H12N2O. The van der Waals surface area contributed by atoms with Gasteiger partial charge in [-0.1, -0.05) is 6.07 Å². The molecule has 0 saturated carbocycles. The minimum absolute atomic E-state index is 0.673. The number of benzene rings is 1. The molecule has 0 fully saturated rings. The van der Waals surface area contributed by atoms with E-state index in [1.807, 2.05) is 42.1 Å². The summed E-state index contributed by atoms with van der Waals surface area (Å²) in [6.45, 7) is 2.70. The number of nitriles is 1. The van der Waals surface area contributed by atoms with Gasteiger partial charge in [0.1, 0.15) is 0 Å². The number of rotatable bonds is 3. The molecule has 0 amide bonds. The summed E-state index contributed by atoms with van der Waals surface area (Å²) < 4.78 is 1.96. The van der Waals surface area contributed by atoms with Crippen LogP contribution in [0.1, 0.15) is 27.0 Å². The van der Waals surface area contributed by atoms with Gasteiger partial charge in [-0.25, -0.2) is 0 Å². The van der Waals surface area contributed by atoms with Crippen LogP contribution in [-0.2, 0) is 6.54 Å². The lowest BCUT2D eigenvalue weighted by Crippen LogP contribution is -1.99. The van der Waals surface area contributed by atoms with E-state index in [4.69, 9.17) is 5.26 Å². The maximum atomic E-state index is 10.6. The average molecular weight is 224 g/mol. The monoisotopic (exact) mass is 224 g/mol. The van der Waals surface area contributed by atoms with Crippen molar-refractivity contribution in [2.45, 2.75) is 13.5 Å². The summed E-state index contributed by atoms with van der Waals surface area (Å²) in [5.41, 5.74) is 3.59. The molecule has 0 radical (unpaired) electrons. The molecule has 3 heteroatoms. The average Bonchev–Trinajstić information content (AvgIpc) is 2.79. The lowest BCUT2D eigenvalue weighted by Gasteiger charge is -2.07. The fraction of sp³-hybridized carbons (Fsp3) is 0.143. The highest BCUT2D eigenvalue weighted by Gasteiger charge is 2.02. The molecule has 0 spiro atoms. The molecule has 0 N–H and O–H groups in total. The number of carbonyl (C=O) groups is 1. The first-order chi connectivity index (χ1) is 8.22. The topological polar surface area (TPSA) is 45.8 Å². The molecule has 1 heterocycles. The van der Waals surface area contributed by atoms with E-state index in [1.54, 1.807) is 6.07 Å². The number of aryl methyl sites for hydroxylation is 1. The SMILES string of the molecule is Cc1cc(C#N)ccc1Cn1ccc(C=O)c1. The standard InChI is InChI=1S/C14H12N2O/c1-11-6-12(7-15)2-3-14(11)9-16-5-4-13(8-16)10-17/h2-6,8,10H,9H2,1H3. The van der Waals surface area contributed by atoms with E-state index in [0.29, 0.717) is 17.7 Å². The smallest absolute Gasteiger partial charge is 0.151 e. The molecule has 2 rings (SSSR count). The van der Waals surface area contributed by atoms with Crippen LogP contribution in [0.2, 0.25) is 0 Å². The second kappa shape index (κ2) is 4.67. The molecule has 0 unspecified atom stereocenters. The molecule has 0 atom stereocenters. The van der Waals surface area contributed by atoms with Gasteiger partial charge in [0.15, 0.2) is 6.29 Å². The summed E-state index contributed by atoms with van der Waals surface area (Å²) in [6.07, 6.45) is 4.52. The summed E-state index contributed by atoms with van der Waals surface area (Å²) in [5, 5.41) is 8.78. The molecule has 2 aromatic rings. The van der Waals surface area contributed by atoms with E-state index in [0.717, 1.165) is 17.4 Å². The van der Waals surface area contributed by atoms with Crippen LogP contribution in [0.15, 0.2) is 36.7 Å². The molecular weight excluding hydrogens is 212 g/mol. The van der Waals surface area contributed by atoms with Crippen molar-refractivity contribution >= 4 is 6.29 Å². The normalized spacial score (nSPS) is 9.88. The van der Waals surface area contributed by atoms with E-state index in [-0.39, 0.29) is 0 Å². The van der Waals surface area contributed by atoms with Crippen LogP contribution < -0.4 is 0 Å². The highest BCUT2D eigenvalue weighted by molar-refractivity contribution is 5.74. The van der Waals surface area contributed by atoms with Gasteiger partial charge in [-0.2, -0.15) is 5.26 Å². The van der Waals surface area contributed by atoms with Crippen molar-refractivity contribution in [3.8, 4) is 6.07 Å². The molecule has 0 bridgehead atoms. The third-order valence-electron chi connectivity index (χ3n) is 2.73. The third-order valence-corrected chi connectivity index (χ3v) is 2.73. The van der Waals surface area contributed by atoms with Crippen LogP contribution in [-0.4, -0.2) is 10.9 Å². The molecule has 84 valence electrons. The summed E-state index contributed by atoms with van der Waals surface area (Å²) in [4.78, 5) is 10.6. The molecule has 0 saturated heterocycles. The van der Waals surface area contributed by atoms with Gasteiger partial charge in [0.2, 0.25) is 0 Å². The predicted molar refractivity (Wildman–Crippen MR) is 64.8 cm³/mol. The van der Waals surface area contributed by atoms with Crippen molar-refractivity contribution < 1.29 is 4.79 Å². The Morgan fingerprint density at radius 3 is 2.82 bits per heavy atom. The van der Waals surface area contributed by atoms with E-state index in [2.05, 4.69) is 6.07 Å². The second-order valence-electron chi connectivity index (χ2n) is 3.99. The van der Waals surface area contributed by atoms with E-state index in [9.17, 15) is 4.79 Å². The predicted octanol–water partition coefficient (Wildman–Crippen LogP) is 2.53. The zero-order valence-electron chi connectivity index (χ0n) is 9.55. The molecule has 0 aliphatic carbocycles. The number of hydrogen-bond acceptors (Lipinski definition) is 2. The largest absolute Gasteiger partial charge is 0.349 e. The van der Waals surface area contributed by atoms with Crippen LogP contribution in [0.4, 0.5) is 0 Å². The maximum Gasteiger partial charge on any atom is 0.151 e. The lowest BCUT2D eigenvalue weighted by molar-refractivity contribution is 0.112. The first-order valence-electron chi connectivity index (χ1n) is 5.33. The van der Waals surface area contributed by atoms with Crippen LogP contribution in [0.5, 0.6) is 0 Å². The Bertz CT molecular complexity index is 591. The molecule has 0 aliphatic rings. The summed E-state index contributed by atoms with van der Waals surface area (Å²) in [7, 11) is 0. The Balaban J connectivity index is 2.24. The Labute approximate surface area is 99.9 Å². The van der Waals surface area contributed by atoms with Crippen molar-refractivity contribution in [3.05, 3.63) is 58.9 Å². The van der Waals surface area contributed by atoms with Crippen LogP contribution in [0.25, 0.3) is 0 Å². The Morgan fingerprint density at radius 2 is 2.24 bits per heavy atom. The molecule has 1 aromatic carbocycles. The van der Waals surface area contributed by atoms with E-state index >= 15 is 0 Å². The van der Waals surface area contributed by atoms with Crippen molar-refractivity contribution in [2.75, 3.05) is 0 Å². The number of nitrogens with zero attached hydrogens (tertiary/aromatic N) is 2. The summed E-state index contributed by atoms with van der Waals surface area (Å²) in [6, 6.07) is 9.54. The number of carbonyl (C=O) groups excluding carboxylic acids is 1. The Kier molecular flexibility index (Phi) is 3.06. The maximum absolute atomic E-state index is 10.6. The minimum atomic E-state index is 0.673. The van der Waals surface area contributed by atoms with Crippen LogP contribution >= 0.6 is 0 Å². The fourth-order valence-electron chi connectivity index (χ4n) is 1.77. The highest BCUT2D eigenvalue weighted by Crippen LogP contribution is 2.12. The van der Waals surface area contributed by atoms with Crippen LogP contribution in [0, 0.1) is 18.3 Å². The number of aldehydes is 1. The number of aromatic nitrogens is 1. The van der Waals surface area contributed by atoms with Gasteiger partial charge in [-0.05, 0) is 36.2 Å². The Morgan fingerprint density at radius 1 is 1.41 bits per heavy atom. The molecule has 3 nitrogen and oxygen atoms in total. The van der Waals surface area contributed by atoms with Gasteiger partial charge in [-0.3, -0.25) is 4.79 Å². The second-order valence-corrected chi connectivity index (χ2v) is 3.99. The van der Waals surface area contributed by atoms with Gasteiger partial charge in [0.25, 0.3) is 0 Å². The van der Waals surface area contributed by atoms with Crippen molar-refractivity contribution in [3.63, 3.8) is 0 Å².